The van der Waals surface area contributed by atoms with Gasteiger partial charge in [0.2, 0.25) is 0 Å². The second kappa shape index (κ2) is 2.91. The highest BCUT2D eigenvalue weighted by Gasteiger charge is 2.90. The van der Waals surface area contributed by atoms with E-state index in [4.69, 9.17) is 4.74 Å². The van der Waals surface area contributed by atoms with Crippen LogP contribution in [0.5, 0.6) is 0 Å². The summed E-state index contributed by atoms with van der Waals surface area (Å²) in [5.41, 5.74) is 2.93. The van der Waals surface area contributed by atoms with Crippen LogP contribution < -0.4 is 0 Å². The lowest BCUT2D eigenvalue weighted by Gasteiger charge is -2.35. The van der Waals surface area contributed by atoms with E-state index in [0.29, 0.717) is 76.8 Å². The number of Topliss-reactive ketones (excluding diaryl/α,β-unsaturated/α-hetero) is 1. The average molecular weight is 343 g/mol. The summed E-state index contributed by atoms with van der Waals surface area (Å²) in [6.45, 7) is 0. The highest BCUT2D eigenvalue weighted by atomic mass is 16.5. The number of fused-ring (bicyclic) bond motifs is 5. The van der Waals surface area contributed by atoms with Crippen LogP contribution in [0.25, 0.3) is 0 Å². The minimum atomic E-state index is 0.0692. The Morgan fingerprint density at radius 3 is 2.31 bits per heavy atom. The van der Waals surface area contributed by atoms with Gasteiger partial charge in [0.05, 0.1) is 17.9 Å². The number of rotatable bonds is 0. The first-order valence-corrected chi connectivity index (χ1v) is 10.6. The molecular formula is C22H17NO3. The third-order valence-electron chi connectivity index (χ3n) is 11.8. The number of nitrogens with zero attached hydrogens (tertiary/aromatic N) is 1. The van der Waals surface area contributed by atoms with Gasteiger partial charge in [-0.15, -0.1) is 0 Å². The second-order valence-corrected chi connectivity index (χ2v) is 11.2. The van der Waals surface area contributed by atoms with Crippen LogP contribution >= 0.6 is 0 Å². The lowest BCUT2D eigenvalue weighted by atomic mass is 9.67. The Balaban J connectivity index is 1.48. The third kappa shape index (κ3) is 0.705. The monoisotopic (exact) mass is 343 g/mol. The molecule has 8 fully saturated rings. The standard InChI is InChI=1S/C22H17NO3/c23-1-2-3-5-6-4(2)8-10-12(6)19-11(5)9-7(3)15-13-14(16(8)20(15)24)18(10)21(17(9)13)26-22(19)25/h2-7,9,11-19,21H/t2-,3?,4?,5?,6?,7?,9?,11?,12?,13?,14?,15?,16?,17?,18?,19?,21?/m1/s1. The summed E-state index contributed by atoms with van der Waals surface area (Å²) in [4.78, 5) is 26.9. The maximum Gasteiger partial charge on any atom is 0.310 e. The number of nitriles is 1. The molecule has 16 unspecified atom stereocenters. The summed E-state index contributed by atoms with van der Waals surface area (Å²) in [5.74, 6) is 6.26. The van der Waals surface area contributed by atoms with Gasteiger partial charge in [0.1, 0.15) is 11.9 Å². The van der Waals surface area contributed by atoms with Gasteiger partial charge in [-0.3, -0.25) is 9.59 Å². The fraction of sp³-hybridized carbons (Fsp3) is 0.773. The van der Waals surface area contributed by atoms with Crippen molar-refractivity contribution in [2.45, 2.75) is 6.10 Å². The Hall–Kier alpha value is -1.63. The van der Waals surface area contributed by atoms with Crippen molar-refractivity contribution in [2.75, 3.05) is 0 Å². The Morgan fingerprint density at radius 1 is 0.692 bits per heavy atom. The molecule has 0 N–H and O–H groups in total. The largest absolute Gasteiger partial charge is 0.461 e. The van der Waals surface area contributed by atoms with E-state index in [0.717, 1.165) is 0 Å². The number of ether oxygens (including phenoxy) is 1. The van der Waals surface area contributed by atoms with Crippen molar-refractivity contribution in [2.24, 2.45) is 94.7 Å². The predicted octanol–water partition coefficient (Wildman–Crippen LogP) is 1.28. The Bertz CT molecular complexity index is 1020. The van der Waals surface area contributed by atoms with Gasteiger partial charge in [0.25, 0.3) is 0 Å². The number of hydrogen-bond acceptors (Lipinski definition) is 4. The van der Waals surface area contributed by atoms with Gasteiger partial charge >= 0.3 is 5.97 Å². The molecule has 0 aromatic rings. The number of hydrogen-bond donors (Lipinski definition) is 0. The molecule has 10 rings (SSSR count). The number of esters is 1. The molecule has 0 aromatic heterocycles. The molecule has 2 saturated heterocycles. The van der Waals surface area contributed by atoms with Crippen molar-refractivity contribution in [3.63, 3.8) is 0 Å². The van der Waals surface area contributed by atoms with Crippen molar-refractivity contribution in [1.82, 2.24) is 0 Å². The summed E-state index contributed by atoms with van der Waals surface area (Å²) in [6, 6.07) is 2.76. The lowest BCUT2D eigenvalue weighted by molar-refractivity contribution is -0.155. The highest BCUT2D eigenvalue weighted by molar-refractivity contribution is 5.94. The zero-order valence-corrected chi connectivity index (χ0v) is 14.0. The maximum atomic E-state index is 13.7. The van der Waals surface area contributed by atoms with Crippen molar-refractivity contribution < 1.29 is 14.3 Å². The van der Waals surface area contributed by atoms with Crippen LogP contribution in [0, 0.1) is 106 Å². The minimum absolute atomic E-state index is 0.0692. The Morgan fingerprint density at radius 2 is 1.46 bits per heavy atom. The highest BCUT2D eigenvalue weighted by Crippen LogP contribution is 2.89. The number of carbonyl (C=O) groups is 2. The van der Waals surface area contributed by atoms with Crippen molar-refractivity contribution in [3.05, 3.63) is 11.1 Å². The normalized spacial score (nSPS) is 77.1. The van der Waals surface area contributed by atoms with Crippen LogP contribution in [0.4, 0.5) is 0 Å². The Kier molecular flexibility index (Phi) is 1.34. The van der Waals surface area contributed by atoms with Gasteiger partial charge in [-0.2, -0.15) is 5.26 Å². The molecule has 2 aliphatic heterocycles. The van der Waals surface area contributed by atoms with Gasteiger partial charge < -0.3 is 4.74 Å². The van der Waals surface area contributed by atoms with Crippen LogP contribution in [0.1, 0.15) is 0 Å². The molecule has 0 radical (unpaired) electrons. The molecule has 128 valence electrons. The first-order valence-electron chi connectivity index (χ1n) is 10.6. The summed E-state index contributed by atoms with van der Waals surface area (Å²) >= 11 is 0. The summed E-state index contributed by atoms with van der Waals surface area (Å²) in [6.07, 6.45) is 0.0751. The zero-order chi connectivity index (χ0) is 16.5. The van der Waals surface area contributed by atoms with Crippen molar-refractivity contribution in [1.29, 1.82) is 5.26 Å². The van der Waals surface area contributed by atoms with E-state index in [1.807, 2.05) is 0 Å². The molecule has 0 amide bonds. The minimum Gasteiger partial charge on any atom is -0.461 e. The van der Waals surface area contributed by atoms with Gasteiger partial charge in [0, 0.05) is 29.6 Å². The third-order valence-corrected chi connectivity index (χ3v) is 11.8. The van der Waals surface area contributed by atoms with E-state index < -0.39 is 0 Å². The molecule has 2 bridgehead atoms. The van der Waals surface area contributed by atoms with E-state index >= 15 is 0 Å². The second-order valence-electron chi connectivity index (χ2n) is 11.2. The van der Waals surface area contributed by atoms with E-state index in [-0.39, 0.29) is 35.7 Å². The van der Waals surface area contributed by atoms with Gasteiger partial charge in [0.15, 0.2) is 0 Å². The summed E-state index contributed by atoms with van der Waals surface area (Å²) < 4.78 is 6.26. The fourth-order valence-electron chi connectivity index (χ4n) is 12.6. The molecule has 26 heavy (non-hydrogen) atoms. The topological polar surface area (TPSA) is 67.2 Å². The van der Waals surface area contributed by atoms with Crippen LogP contribution in [0.15, 0.2) is 11.1 Å². The lowest BCUT2D eigenvalue weighted by Crippen LogP contribution is -2.36. The van der Waals surface area contributed by atoms with Gasteiger partial charge in [-0.1, -0.05) is 11.1 Å². The van der Waals surface area contributed by atoms with Crippen molar-refractivity contribution in [3.8, 4) is 6.07 Å². The summed E-state index contributed by atoms with van der Waals surface area (Å²) in [5, 5.41) is 10.2. The zero-order valence-electron chi connectivity index (χ0n) is 14.0. The predicted molar refractivity (Wildman–Crippen MR) is 83.4 cm³/mol. The molecule has 17 atom stereocenters. The van der Waals surface area contributed by atoms with Gasteiger partial charge in [-0.25, -0.2) is 0 Å². The van der Waals surface area contributed by atoms with E-state index in [1.165, 1.54) is 11.1 Å². The average Bonchev–Trinajstić information content (AvgIpc) is 3.36. The summed E-state index contributed by atoms with van der Waals surface area (Å²) in [7, 11) is 0. The van der Waals surface area contributed by atoms with Crippen molar-refractivity contribution >= 4 is 11.8 Å². The molecule has 2 heterocycles. The molecule has 0 spiro atoms. The molecule has 8 aliphatic carbocycles. The molecule has 6 saturated carbocycles. The quantitative estimate of drug-likeness (QED) is 0.491. The number of carbonyl (C=O) groups excluding carboxylic acids is 2. The van der Waals surface area contributed by atoms with Crippen LogP contribution in [-0.2, 0) is 14.3 Å². The smallest absolute Gasteiger partial charge is 0.310 e. The maximum absolute atomic E-state index is 13.7. The van der Waals surface area contributed by atoms with Crippen LogP contribution in [0.2, 0.25) is 0 Å². The SMILES string of the molecule is N#C[C@H]1C2C3=C4C5C6OC(=O)C7C4C2C2C7C4C6C6C(C(=O)C3C56)C4C21. The molecule has 4 heteroatoms. The number of allylic oxidation sites excluding steroid dienone is 1. The fourth-order valence-corrected chi connectivity index (χ4v) is 12.6. The van der Waals surface area contributed by atoms with Crippen LogP contribution in [-0.4, -0.2) is 17.9 Å². The van der Waals surface area contributed by atoms with E-state index in [2.05, 4.69) is 6.07 Å². The molecule has 10 aliphatic rings. The Labute approximate surface area is 149 Å². The van der Waals surface area contributed by atoms with Crippen LogP contribution in [0.3, 0.4) is 0 Å². The van der Waals surface area contributed by atoms with E-state index in [1.54, 1.807) is 0 Å². The first kappa shape index (κ1) is 12.0. The number of ketones is 1. The molecule has 0 aromatic carbocycles. The molecule has 4 nitrogen and oxygen atoms in total. The van der Waals surface area contributed by atoms with E-state index in [9.17, 15) is 14.9 Å². The van der Waals surface area contributed by atoms with Gasteiger partial charge in [-0.05, 0) is 53.3 Å². The molecular weight excluding hydrogens is 326 g/mol. The first-order chi connectivity index (χ1) is 12.8.